The average molecular weight is 186 g/mol. The molecule has 0 spiro atoms. The average Bonchev–Trinajstić information content (AvgIpc) is 2.32. The van der Waals surface area contributed by atoms with E-state index in [0.29, 0.717) is 12.2 Å². The van der Waals surface area contributed by atoms with Crippen LogP contribution in [0.4, 0.5) is 0 Å². The van der Waals surface area contributed by atoms with Crippen LogP contribution in [-0.4, -0.2) is 17.7 Å². The van der Waals surface area contributed by atoms with Crippen LogP contribution in [-0.2, 0) is 4.74 Å². The Kier molecular flexibility index (Phi) is 2.70. The third-order valence-corrected chi connectivity index (χ3v) is 2.33. The summed E-state index contributed by atoms with van der Waals surface area (Å²) in [5.41, 5.74) is 0.293. The van der Waals surface area contributed by atoms with Crippen molar-refractivity contribution in [3.63, 3.8) is 0 Å². The summed E-state index contributed by atoms with van der Waals surface area (Å²) in [6.07, 6.45) is 0. The summed E-state index contributed by atoms with van der Waals surface area (Å²) in [5.74, 6) is -0.440. The van der Waals surface area contributed by atoms with Gasteiger partial charge < -0.3 is 9.84 Å². The van der Waals surface area contributed by atoms with Crippen LogP contribution in [0.25, 0.3) is 0 Å². The van der Waals surface area contributed by atoms with E-state index < -0.39 is 5.97 Å². The van der Waals surface area contributed by atoms with Crippen LogP contribution < -0.4 is 0 Å². The first-order valence-electron chi connectivity index (χ1n) is 3.61. The fourth-order valence-electron chi connectivity index (χ4n) is 0.894. The first kappa shape index (κ1) is 9.06. The van der Waals surface area contributed by atoms with E-state index in [1.54, 1.807) is 13.8 Å². The van der Waals surface area contributed by atoms with Crippen LogP contribution in [0.5, 0.6) is 5.75 Å². The lowest BCUT2D eigenvalue weighted by atomic mass is 10.2. The highest BCUT2D eigenvalue weighted by molar-refractivity contribution is 7.10. The van der Waals surface area contributed by atoms with Crippen LogP contribution >= 0.6 is 11.3 Å². The van der Waals surface area contributed by atoms with Crippen molar-refractivity contribution in [2.24, 2.45) is 0 Å². The summed E-state index contributed by atoms with van der Waals surface area (Å²) >= 11 is 1.33. The summed E-state index contributed by atoms with van der Waals surface area (Å²) in [6.45, 7) is 3.83. The van der Waals surface area contributed by atoms with Gasteiger partial charge in [-0.3, -0.25) is 0 Å². The van der Waals surface area contributed by atoms with Crippen molar-refractivity contribution in [3.8, 4) is 5.75 Å². The van der Waals surface area contributed by atoms with Crippen molar-refractivity contribution < 1.29 is 14.6 Å². The molecule has 0 bridgehead atoms. The number of esters is 1. The second-order valence-corrected chi connectivity index (χ2v) is 3.36. The molecule has 1 N–H and O–H groups in total. The summed E-state index contributed by atoms with van der Waals surface area (Å²) in [4.78, 5) is 12.0. The number of carbonyl (C=O) groups excluding carboxylic acids is 1. The molecule has 0 radical (unpaired) electrons. The monoisotopic (exact) mass is 186 g/mol. The Morgan fingerprint density at radius 1 is 1.75 bits per heavy atom. The molecule has 0 saturated heterocycles. The van der Waals surface area contributed by atoms with Crippen LogP contribution in [0.3, 0.4) is 0 Å². The minimum Gasteiger partial charge on any atom is -0.506 e. The van der Waals surface area contributed by atoms with Crippen LogP contribution in [0.15, 0.2) is 5.38 Å². The number of aryl methyl sites for hydroxylation is 1. The summed E-state index contributed by atoms with van der Waals surface area (Å²) in [6, 6.07) is 0. The Hall–Kier alpha value is -1.03. The van der Waals surface area contributed by atoms with Crippen LogP contribution in [0, 0.1) is 6.92 Å². The van der Waals surface area contributed by atoms with E-state index in [4.69, 9.17) is 4.74 Å². The number of carbonyl (C=O) groups is 1. The zero-order valence-corrected chi connectivity index (χ0v) is 7.77. The molecule has 66 valence electrons. The van der Waals surface area contributed by atoms with Gasteiger partial charge in [0.25, 0.3) is 0 Å². The molecular formula is C8H10O3S. The van der Waals surface area contributed by atoms with Gasteiger partial charge >= 0.3 is 5.97 Å². The number of aromatic hydroxyl groups is 1. The summed E-state index contributed by atoms with van der Waals surface area (Å²) in [5, 5.41) is 10.8. The Morgan fingerprint density at radius 3 is 2.83 bits per heavy atom. The summed E-state index contributed by atoms with van der Waals surface area (Å²) < 4.78 is 4.76. The van der Waals surface area contributed by atoms with Crippen molar-refractivity contribution in [2.45, 2.75) is 13.8 Å². The molecule has 12 heavy (non-hydrogen) atoms. The SMILES string of the molecule is CCOC(=O)c1c(O)csc1C. The number of thiophene rings is 1. The van der Waals surface area contributed by atoms with E-state index >= 15 is 0 Å². The van der Waals surface area contributed by atoms with Gasteiger partial charge in [0, 0.05) is 10.3 Å². The lowest BCUT2D eigenvalue weighted by Gasteiger charge is -2.00. The van der Waals surface area contributed by atoms with E-state index in [9.17, 15) is 9.90 Å². The van der Waals surface area contributed by atoms with Gasteiger partial charge in [-0.2, -0.15) is 0 Å². The predicted octanol–water partition coefficient (Wildman–Crippen LogP) is 1.94. The highest BCUT2D eigenvalue weighted by Crippen LogP contribution is 2.27. The Morgan fingerprint density at radius 2 is 2.42 bits per heavy atom. The maximum atomic E-state index is 11.2. The molecule has 1 heterocycles. The number of hydrogen-bond donors (Lipinski definition) is 1. The summed E-state index contributed by atoms with van der Waals surface area (Å²) in [7, 11) is 0. The Bertz CT molecular complexity index is 271. The third kappa shape index (κ3) is 1.58. The van der Waals surface area contributed by atoms with Crippen molar-refractivity contribution in [2.75, 3.05) is 6.61 Å². The van der Waals surface area contributed by atoms with E-state index in [-0.39, 0.29) is 5.75 Å². The van der Waals surface area contributed by atoms with Crippen molar-refractivity contribution in [1.29, 1.82) is 0 Å². The molecule has 0 atom stereocenters. The van der Waals surface area contributed by atoms with Crippen molar-refractivity contribution in [1.82, 2.24) is 0 Å². The predicted molar refractivity (Wildman–Crippen MR) is 46.7 cm³/mol. The van der Waals surface area contributed by atoms with E-state index in [1.165, 1.54) is 16.7 Å². The highest BCUT2D eigenvalue weighted by atomic mass is 32.1. The molecule has 0 saturated carbocycles. The number of ether oxygens (including phenoxy) is 1. The Labute approximate surface area is 74.6 Å². The smallest absolute Gasteiger partial charge is 0.343 e. The van der Waals surface area contributed by atoms with Gasteiger partial charge in [0.15, 0.2) is 0 Å². The molecule has 3 nitrogen and oxygen atoms in total. The van der Waals surface area contributed by atoms with Gasteiger partial charge in [0.2, 0.25) is 0 Å². The zero-order chi connectivity index (χ0) is 9.14. The fraction of sp³-hybridized carbons (Fsp3) is 0.375. The molecule has 1 aromatic rings. The molecule has 4 heteroatoms. The van der Waals surface area contributed by atoms with Crippen molar-refractivity contribution >= 4 is 17.3 Å². The highest BCUT2D eigenvalue weighted by Gasteiger charge is 2.16. The molecular weight excluding hydrogens is 176 g/mol. The molecule has 0 fully saturated rings. The minimum atomic E-state index is -0.450. The second kappa shape index (κ2) is 3.58. The van der Waals surface area contributed by atoms with Crippen LogP contribution in [0.2, 0.25) is 0 Å². The normalized spacial score (nSPS) is 9.83. The zero-order valence-electron chi connectivity index (χ0n) is 6.96. The maximum Gasteiger partial charge on any atom is 0.343 e. The van der Waals surface area contributed by atoms with Gasteiger partial charge in [-0.1, -0.05) is 0 Å². The number of hydrogen-bond acceptors (Lipinski definition) is 4. The molecule has 0 aliphatic heterocycles. The van der Waals surface area contributed by atoms with Gasteiger partial charge in [0.1, 0.15) is 11.3 Å². The molecule has 0 aliphatic rings. The first-order valence-corrected chi connectivity index (χ1v) is 4.49. The molecule has 0 aliphatic carbocycles. The fourth-order valence-corrected chi connectivity index (χ4v) is 1.61. The largest absolute Gasteiger partial charge is 0.506 e. The van der Waals surface area contributed by atoms with E-state index in [1.807, 2.05) is 0 Å². The first-order chi connectivity index (χ1) is 5.66. The van der Waals surface area contributed by atoms with E-state index in [0.717, 1.165) is 4.88 Å². The topological polar surface area (TPSA) is 46.5 Å². The van der Waals surface area contributed by atoms with Gasteiger partial charge in [-0.15, -0.1) is 11.3 Å². The van der Waals surface area contributed by atoms with E-state index in [2.05, 4.69) is 0 Å². The maximum absolute atomic E-state index is 11.2. The minimum absolute atomic E-state index is 0.0101. The van der Waals surface area contributed by atoms with Gasteiger partial charge in [0.05, 0.1) is 6.61 Å². The lowest BCUT2D eigenvalue weighted by molar-refractivity contribution is 0.0523. The quantitative estimate of drug-likeness (QED) is 0.718. The standard InChI is InChI=1S/C8H10O3S/c1-3-11-8(10)7-5(2)12-4-6(7)9/h4,9H,3H2,1-2H3. The lowest BCUT2D eigenvalue weighted by Crippen LogP contribution is -2.04. The molecule has 0 amide bonds. The number of rotatable bonds is 2. The second-order valence-electron chi connectivity index (χ2n) is 2.27. The molecule has 0 aromatic carbocycles. The molecule has 1 rings (SSSR count). The molecule has 0 unspecified atom stereocenters. The third-order valence-electron chi connectivity index (χ3n) is 1.44. The Balaban J connectivity index is 2.93. The molecule has 1 aromatic heterocycles. The van der Waals surface area contributed by atoms with Crippen LogP contribution in [0.1, 0.15) is 22.2 Å². The van der Waals surface area contributed by atoms with Crippen molar-refractivity contribution in [3.05, 3.63) is 15.8 Å². The van der Waals surface area contributed by atoms with Gasteiger partial charge in [-0.25, -0.2) is 4.79 Å². The van der Waals surface area contributed by atoms with Gasteiger partial charge in [-0.05, 0) is 13.8 Å².